The third kappa shape index (κ3) is 3.26. The van der Waals surface area contributed by atoms with Crippen molar-refractivity contribution >= 4 is 40.0 Å². The van der Waals surface area contributed by atoms with Gasteiger partial charge in [-0.3, -0.25) is 14.4 Å². The number of nitrogens with zero attached hydrogens (tertiary/aromatic N) is 2. The van der Waals surface area contributed by atoms with E-state index in [9.17, 15) is 14.4 Å². The van der Waals surface area contributed by atoms with E-state index >= 15 is 0 Å². The lowest BCUT2D eigenvalue weighted by Crippen LogP contribution is -2.40. The van der Waals surface area contributed by atoms with Crippen molar-refractivity contribution in [3.63, 3.8) is 0 Å². The second-order valence-electron chi connectivity index (χ2n) is 8.45. The zero-order chi connectivity index (χ0) is 21.7. The summed E-state index contributed by atoms with van der Waals surface area (Å²) >= 11 is 0. The first kappa shape index (κ1) is 19.4. The van der Waals surface area contributed by atoms with Gasteiger partial charge in [0, 0.05) is 40.9 Å². The molecule has 7 nitrogen and oxygen atoms in total. The van der Waals surface area contributed by atoms with E-state index in [0.717, 1.165) is 17.3 Å². The van der Waals surface area contributed by atoms with Crippen LogP contribution in [-0.2, 0) is 4.79 Å². The van der Waals surface area contributed by atoms with Gasteiger partial charge in [-0.25, -0.2) is 0 Å². The molecule has 1 fully saturated rings. The molecule has 0 spiro atoms. The van der Waals surface area contributed by atoms with Crippen LogP contribution in [0.3, 0.4) is 0 Å². The Morgan fingerprint density at radius 3 is 2.77 bits per heavy atom. The number of anilines is 2. The lowest BCUT2D eigenvalue weighted by molar-refractivity contribution is -0.119. The van der Waals surface area contributed by atoms with E-state index in [-0.39, 0.29) is 17.7 Å². The van der Waals surface area contributed by atoms with Crippen LogP contribution in [0.5, 0.6) is 0 Å². The summed E-state index contributed by atoms with van der Waals surface area (Å²) in [7, 11) is 0. The van der Waals surface area contributed by atoms with Crippen molar-refractivity contribution in [3.05, 3.63) is 59.8 Å². The molecule has 3 heterocycles. The number of nitrogens with one attached hydrogen (secondary N) is 2. The largest absolute Gasteiger partial charge is 0.345 e. The van der Waals surface area contributed by atoms with Gasteiger partial charge >= 0.3 is 0 Å². The van der Waals surface area contributed by atoms with Crippen LogP contribution in [0.1, 0.15) is 53.4 Å². The average molecular weight is 416 g/mol. The molecule has 7 heteroatoms. The molecule has 2 aliphatic heterocycles. The molecule has 158 valence electrons. The van der Waals surface area contributed by atoms with E-state index in [2.05, 4.69) is 29.0 Å². The molecule has 0 saturated carbocycles. The number of aromatic nitrogens is 1. The Morgan fingerprint density at radius 1 is 1.13 bits per heavy atom. The summed E-state index contributed by atoms with van der Waals surface area (Å²) in [5.74, 6) is -0.574. The van der Waals surface area contributed by atoms with Gasteiger partial charge in [-0.05, 0) is 69.2 Å². The van der Waals surface area contributed by atoms with E-state index in [4.69, 9.17) is 0 Å². The van der Waals surface area contributed by atoms with Gasteiger partial charge in [-0.1, -0.05) is 0 Å². The van der Waals surface area contributed by atoms with E-state index in [0.29, 0.717) is 41.5 Å². The molecule has 2 aliphatic rings. The molecular weight excluding hydrogens is 392 g/mol. The molecule has 3 amide bonds. The van der Waals surface area contributed by atoms with E-state index in [1.54, 1.807) is 29.2 Å². The molecule has 0 bridgehead atoms. The highest BCUT2D eigenvalue weighted by Crippen LogP contribution is 2.30. The van der Waals surface area contributed by atoms with Gasteiger partial charge in [0.25, 0.3) is 11.8 Å². The summed E-state index contributed by atoms with van der Waals surface area (Å²) < 4.78 is 2.16. The Labute approximate surface area is 180 Å². The SMILES string of the molecule is CC(C)n1ccc2cc(C(=O)Nc3ccc4c(c3)C(=O)N3CCC[C@H]3C(=O)N4)ccc21. The molecule has 1 atom stereocenters. The minimum Gasteiger partial charge on any atom is -0.345 e. The predicted octanol–water partition coefficient (Wildman–Crippen LogP) is 4.03. The van der Waals surface area contributed by atoms with Gasteiger partial charge in [0.1, 0.15) is 6.04 Å². The van der Waals surface area contributed by atoms with Gasteiger partial charge in [0.05, 0.1) is 11.3 Å². The minimum absolute atomic E-state index is 0.150. The van der Waals surface area contributed by atoms with Gasteiger partial charge in [-0.15, -0.1) is 0 Å². The highest BCUT2D eigenvalue weighted by atomic mass is 16.2. The second kappa shape index (κ2) is 7.27. The third-order valence-corrected chi connectivity index (χ3v) is 6.12. The number of fused-ring (bicyclic) bond motifs is 3. The molecule has 0 aliphatic carbocycles. The summed E-state index contributed by atoms with van der Waals surface area (Å²) in [5.41, 5.74) is 3.03. The fourth-order valence-electron chi connectivity index (χ4n) is 4.52. The van der Waals surface area contributed by atoms with Crippen LogP contribution in [0.4, 0.5) is 11.4 Å². The number of carbonyl (C=O) groups is 3. The molecule has 1 aromatic heterocycles. The van der Waals surface area contributed by atoms with Crippen molar-refractivity contribution in [3.8, 4) is 0 Å². The predicted molar refractivity (Wildman–Crippen MR) is 119 cm³/mol. The van der Waals surface area contributed by atoms with E-state index in [1.807, 2.05) is 24.4 Å². The quantitative estimate of drug-likeness (QED) is 0.676. The number of amides is 3. The molecule has 0 unspecified atom stereocenters. The summed E-state index contributed by atoms with van der Waals surface area (Å²) in [6, 6.07) is 12.6. The highest BCUT2D eigenvalue weighted by molar-refractivity contribution is 6.12. The maximum Gasteiger partial charge on any atom is 0.256 e. The van der Waals surface area contributed by atoms with Crippen LogP contribution in [0.2, 0.25) is 0 Å². The first-order chi connectivity index (χ1) is 14.9. The van der Waals surface area contributed by atoms with Crippen LogP contribution in [0.25, 0.3) is 10.9 Å². The second-order valence-corrected chi connectivity index (χ2v) is 8.45. The third-order valence-electron chi connectivity index (χ3n) is 6.12. The molecule has 2 N–H and O–H groups in total. The maximum atomic E-state index is 13.0. The van der Waals surface area contributed by atoms with Crippen molar-refractivity contribution in [1.82, 2.24) is 9.47 Å². The molecule has 1 saturated heterocycles. The molecule has 3 aromatic rings. The van der Waals surface area contributed by atoms with Gasteiger partial charge in [-0.2, -0.15) is 0 Å². The summed E-state index contributed by atoms with van der Waals surface area (Å²) in [6.45, 7) is 4.81. The molecule has 2 aromatic carbocycles. The number of carbonyl (C=O) groups excluding carboxylic acids is 3. The van der Waals surface area contributed by atoms with Crippen LogP contribution >= 0.6 is 0 Å². The maximum absolute atomic E-state index is 13.0. The minimum atomic E-state index is -0.414. The first-order valence-electron chi connectivity index (χ1n) is 10.6. The Balaban J connectivity index is 1.41. The number of benzene rings is 2. The summed E-state index contributed by atoms with van der Waals surface area (Å²) in [6.07, 6.45) is 3.52. The Hall–Kier alpha value is -3.61. The van der Waals surface area contributed by atoms with Crippen molar-refractivity contribution in [2.24, 2.45) is 0 Å². The van der Waals surface area contributed by atoms with Crippen LogP contribution < -0.4 is 10.6 Å². The zero-order valence-corrected chi connectivity index (χ0v) is 17.5. The van der Waals surface area contributed by atoms with Crippen molar-refractivity contribution in [2.45, 2.75) is 38.8 Å². The standard InChI is InChI=1S/C24H24N4O3/c1-14(2)27-11-9-15-12-16(5-8-20(15)27)22(29)25-17-6-7-19-18(13-17)24(31)28-10-3-4-21(28)23(30)26-19/h5-9,11-14,21H,3-4,10H2,1-2H3,(H,25,29)(H,26,30)/t21-/m0/s1. The summed E-state index contributed by atoms with van der Waals surface area (Å²) in [5, 5.41) is 6.74. The topological polar surface area (TPSA) is 83.4 Å². The summed E-state index contributed by atoms with van der Waals surface area (Å²) in [4.78, 5) is 39.9. The molecule has 5 rings (SSSR count). The molecular formula is C24H24N4O3. The highest BCUT2D eigenvalue weighted by Gasteiger charge is 2.38. The van der Waals surface area contributed by atoms with Gasteiger partial charge < -0.3 is 20.1 Å². The Morgan fingerprint density at radius 2 is 1.97 bits per heavy atom. The van der Waals surface area contributed by atoms with Crippen LogP contribution in [0.15, 0.2) is 48.7 Å². The molecule has 0 radical (unpaired) electrons. The first-order valence-corrected chi connectivity index (χ1v) is 10.6. The normalized spacial score (nSPS) is 18.0. The smallest absolute Gasteiger partial charge is 0.256 e. The number of hydrogen-bond acceptors (Lipinski definition) is 3. The monoisotopic (exact) mass is 416 g/mol. The Bertz CT molecular complexity index is 1230. The van der Waals surface area contributed by atoms with Crippen molar-refractivity contribution in [1.29, 1.82) is 0 Å². The van der Waals surface area contributed by atoms with E-state index < -0.39 is 6.04 Å². The van der Waals surface area contributed by atoms with Gasteiger partial charge in [0.2, 0.25) is 5.91 Å². The van der Waals surface area contributed by atoms with Crippen LogP contribution in [-0.4, -0.2) is 39.8 Å². The zero-order valence-electron chi connectivity index (χ0n) is 17.5. The fourth-order valence-corrected chi connectivity index (χ4v) is 4.52. The van der Waals surface area contributed by atoms with Gasteiger partial charge in [0.15, 0.2) is 0 Å². The number of rotatable bonds is 3. The molecule has 31 heavy (non-hydrogen) atoms. The number of hydrogen-bond donors (Lipinski definition) is 2. The lowest BCUT2D eigenvalue weighted by Gasteiger charge is -2.20. The lowest BCUT2D eigenvalue weighted by atomic mass is 10.1. The average Bonchev–Trinajstić information content (AvgIpc) is 3.39. The van der Waals surface area contributed by atoms with E-state index in [1.165, 1.54) is 0 Å². The fraction of sp³-hybridized carbons (Fsp3) is 0.292. The van der Waals surface area contributed by atoms with Crippen LogP contribution in [0, 0.1) is 0 Å². The Kier molecular flexibility index (Phi) is 4.54. The van der Waals surface area contributed by atoms with Crippen molar-refractivity contribution < 1.29 is 14.4 Å². The van der Waals surface area contributed by atoms with Crippen molar-refractivity contribution in [2.75, 3.05) is 17.2 Å².